The number of carbonyl (C=O) groups is 1. The molecule has 106 valence electrons. The zero-order valence-electron chi connectivity index (χ0n) is 11.8. The van der Waals surface area contributed by atoms with E-state index in [0.29, 0.717) is 12.3 Å². The van der Waals surface area contributed by atoms with Gasteiger partial charge < -0.3 is 15.6 Å². The molecule has 0 saturated carbocycles. The molecule has 4 nitrogen and oxygen atoms in total. The summed E-state index contributed by atoms with van der Waals surface area (Å²) < 4.78 is 0. The lowest BCUT2D eigenvalue weighted by Crippen LogP contribution is -2.43. The van der Waals surface area contributed by atoms with Gasteiger partial charge in [0.05, 0.1) is 6.04 Å². The predicted octanol–water partition coefficient (Wildman–Crippen LogP) is 1.91. The van der Waals surface area contributed by atoms with Gasteiger partial charge in [0.15, 0.2) is 0 Å². The second kappa shape index (κ2) is 5.29. The first-order valence-corrected chi connectivity index (χ1v) is 7.24. The Balaban J connectivity index is 1.72. The number of H-pyrrole nitrogens is 1. The van der Waals surface area contributed by atoms with Crippen molar-refractivity contribution >= 4 is 16.8 Å². The second-order valence-electron chi connectivity index (χ2n) is 5.85. The number of benzene rings is 1. The van der Waals surface area contributed by atoms with Gasteiger partial charge in [-0.2, -0.15) is 0 Å². The minimum Gasteiger partial charge on any atom is -0.361 e. The topological polar surface area (TPSA) is 62.1 Å². The molecule has 2 aromatic rings. The molecule has 20 heavy (non-hydrogen) atoms. The van der Waals surface area contributed by atoms with Gasteiger partial charge in [-0.15, -0.1) is 0 Å². The fourth-order valence-corrected chi connectivity index (χ4v) is 2.99. The van der Waals surface area contributed by atoms with Crippen LogP contribution in [0, 0.1) is 5.92 Å². The summed E-state index contributed by atoms with van der Waals surface area (Å²) in [7, 11) is 0. The number of carbonyl (C=O) groups excluding carboxylic acids is 1. The standard InChI is InChI=1S/C16H21N3O/c1-11-6-7-19(10-11)16(20)14(17)8-12-9-18-15-5-3-2-4-13(12)15/h2-5,9,11,14,18H,6-8,10,17H2,1H3. The number of hydrogen-bond donors (Lipinski definition) is 2. The highest BCUT2D eigenvalue weighted by molar-refractivity contribution is 5.86. The van der Waals surface area contributed by atoms with Gasteiger partial charge in [-0.25, -0.2) is 0 Å². The van der Waals surface area contributed by atoms with Crippen molar-refractivity contribution in [3.05, 3.63) is 36.0 Å². The molecule has 3 N–H and O–H groups in total. The number of rotatable bonds is 3. The molecule has 1 saturated heterocycles. The Morgan fingerprint density at radius 2 is 2.30 bits per heavy atom. The SMILES string of the molecule is CC1CCN(C(=O)C(N)Cc2c[nH]c3ccccc23)C1. The Bertz CT molecular complexity index is 619. The van der Waals surface area contributed by atoms with Crippen molar-refractivity contribution < 1.29 is 4.79 Å². The molecule has 1 aromatic heterocycles. The lowest BCUT2D eigenvalue weighted by atomic mass is 10.0. The maximum Gasteiger partial charge on any atom is 0.239 e. The van der Waals surface area contributed by atoms with Crippen molar-refractivity contribution in [3.63, 3.8) is 0 Å². The first kappa shape index (κ1) is 13.2. The Kier molecular flexibility index (Phi) is 3.49. The van der Waals surface area contributed by atoms with Gasteiger partial charge in [0, 0.05) is 30.2 Å². The zero-order chi connectivity index (χ0) is 14.1. The van der Waals surface area contributed by atoms with Crippen LogP contribution in [0.5, 0.6) is 0 Å². The van der Waals surface area contributed by atoms with Crippen LogP contribution in [0.15, 0.2) is 30.5 Å². The minimum absolute atomic E-state index is 0.0830. The van der Waals surface area contributed by atoms with Crippen molar-refractivity contribution in [2.45, 2.75) is 25.8 Å². The number of aromatic amines is 1. The lowest BCUT2D eigenvalue weighted by Gasteiger charge is -2.20. The average Bonchev–Trinajstić information content (AvgIpc) is 3.05. The van der Waals surface area contributed by atoms with Crippen LogP contribution < -0.4 is 5.73 Å². The number of amides is 1. The Hall–Kier alpha value is -1.81. The van der Waals surface area contributed by atoms with Gasteiger partial charge >= 0.3 is 0 Å². The highest BCUT2D eigenvalue weighted by atomic mass is 16.2. The van der Waals surface area contributed by atoms with Gasteiger partial charge in [-0.1, -0.05) is 25.1 Å². The number of aromatic nitrogens is 1. The molecule has 2 atom stereocenters. The number of nitrogens with one attached hydrogen (secondary N) is 1. The second-order valence-corrected chi connectivity index (χ2v) is 5.85. The molecule has 1 aliphatic rings. The average molecular weight is 271 g/mol. The number of likely N-dealkylation sites (tertiary alicyclic amines) is 1. The van der Waals surface area contributed by atoms with Crippen molar-refractivity contribution in [1.29, 1.82) is 0 Å². The molecule has 0 spiro atoms. The van der Waals surface area contributed by atoms with Crippen LogP contribution in [0.1, 0.15) is 18.9 Å². The van der Waals surface area contributed by atoms with Gasteiger partial charge in [0.2, 0.25) is 5.91 Å². The fourth-order valence-electron chi connectivity index (χ4n) is 2.99. The van der Waals surface area contributed by atoms with Crippen LogP contribution in [0.4, 0.5) is 0 Å². The van der Waals surface area contributed by atoms with Crippen LogP contribution >= 0.6 is 0 Å². The monoisotopic (exact) mass is 271 g/mol. The summed E-state index contributed by atoms with van der Waals surface area (Å²) in [6, 6.07) is 7.67. The number of nitrogens with zero attached hydrogens (tertiary/aromatic N) is 1. The van der Waals surface area contributed by atoms with Crippen molar-refractivity contribution in [2.24, 2.45) is 11.7 Å². The van der Waals surface area contributed by atoms with Gasteiger partial charge in [0.25, 0.3) is 0 Å². The van der Waals surface area contributed by atoms with Crippen molar-refractivity contribution in [2.75, 3.05) is 13.1 Å². The maximum absolute atomic E-state index is 12.3. The van der Waals surface area contributed by atoms with Gasteiger partial charge in [0.1, 0.15) is 0 Å². The summed E-state index contributed by atoms with van der Waals surface area (Å²) in [5, 5.41) is 1.16. The van der Waals surface area contributed by atoms with Crippen LogP contribution in [0.3, 0.4) is 0 Å². The van der Waals surface area contributed by atoms with E-state index in [-0.39, 0.29) is 5.91 Å². The highest BCUT2D eigenvalue weighted by Gasteiger charge is 2.27. The quantitative estimate of drug-likeness (QED) is 0.895. The van der Waals surface area contributed by atoms with E-state index in [1.807, 2.05) is 29.3 Å². The first-order valence-electron chi connectivity index (χ1n) is 7.24. The van der Waals surface area contributed by atoms with E-state index in [1.165, 1.54) is 0 Å². The Labute approximate surface area is 118 Å². The summed E-state index contributed by atoms with van der Waals surface area (Å²) in [5.74, 6) is 0.680. The van der Waals surface area contributed by atoms with Crippen LogP contribution in [-0.2, 0) is 11.2 Å². The smallest absolute Gasteiger partial charge is 0.239 e. The molecule has 3 rings (SSSR count). The molecule has 0 radical (unpaired) electrons. The number of hydrogen-bond acceptors (Lipinski definition) is 2. The highest BCUT2D eigenvalue weighted by Crippen LogP contribution is 2.20. The third-order valence-electron chi connectivity index (χ3n) is 4.17. The molecule has 4 heteroatoms. The van der Waals surface area contributed by atoms with E-state index in [4.69, 9.17) is 5.73 Å². The minimum atomic E-state index is -0.445. The largest absolute Gasteiger partial charge is 0.361 e. The van der Waals surface area contributed by atoms with Gasteiger partial charge in [-0.3, -0.25) is 4.79 Å². The van der Waals surface area contributed by atoms with Crippen LogP contribution in [0.25, 0.3) is 10.9 Å². The molecule has 1 fully saturated rings. The predicted molar refractivity (Wildman–Crippen MR) is 80.3 cm³/mol. The van der Waals surface area contributed by atoms with E-state index >= 15 is 0 Å². The molecule has 0 bridgehead atoms. The zero-order valence-corrected chi connectivity index (χ0v) is 11.8. The van der Waals surface area contributed by atoms with E-state index in [9.17, 15) is 4.79 Å². The van der Waals surface area contributed by atoms with E-state index in [2.05, 4.69) is 18.0 Å². The van der Waals surface area contributed by atoms with E-state index in [1.54, 1.807) is 0 Å². The number of nitrogens with two attached hydrogens (primary N) is 1. The third kappa shape index (κ3) is 2.43. The molecule has 1 amide bonds. The first-order chi connectivity index (χ1) is 9.65. The number of para-hydroxylation sites is 1. The van der Waals surface area contributed by atoms with Crippen molar-refractivity contribution in [1.82, 2.24) is 9.88 Å². The summed E-state index contributed by atoms with van der Waals surface area (Å²) in [5.41, 5.74) is 8.33. The third-order valence-corrected chi connectivity index (χ3v) is 4.17. The molecule has 1 aliphatic heterocycles. The summed E-state index contributed by atoms with van der Waals surface area (Å²) >= 11 is 0. The molecular formula is C16H21N3O. The molecule has 2 unspecified atom stereocenters. The lowest BCUT2D eigenvalue weighted by molar-refractivity contribution is -0.131. The molecule has 2 heterocycles. The molecule has 0 aliphatic carbocycles. The van der Waals surface area contributed by atoms with E-state index < -0.39 is 6.04 Å². The normalized spacial score (nSPS) is 20.5. The summed E-state index contributed by atoms with van der Waals surface area (Å²) in [4.78, 5) is 17.5. The van der Waals surface area contributed by atoms with Gasteiger partial charge in [-0.05, 0) is 30.4 Å². The van der Waals surface area contributed by atoms with Crippen molar-refractivity contribution in [3.8, 4) is 0 Å². The van der Waals surface area contributed by atoms with E-state index in [0.717, 1.165) is 36.0 Å². The Morgan fingerprint density at radius 1 is 1.50 bits per heavy atom. The maximum atomic E-state index is 12.3. The Morgan fingerprint density at radius 3 is 3.05 bits per heavy atom. The van der Waals surface area contributed by atoms with Crippen LogP contribution in [-0.4, -0.2) is 34.9 Å². The fraction of sp³-hybridized carbons (Fsp3) is 0.438. The number of fused-ring (bicyclic) bond motifs is 1. The summed E-state index contributed by atoms with van der Waals surface area (Å²) in [6.45, 7) is 3.88. The molecule has 1 aromatic carbocycles. The van der Waals surface area contributed by atoms with Crippen LogP contribution in [0.2, 0.25) is 0 Å². The summed E-state index contributed by atoms with van der Waals surface area (Å²) in [6.07, 6.45) is 3.64. The molecular weight excluding hydrogens is 250 g/mol.